The van der Waals surface area contributed by atoms with Gasteiger partial charge in [0.05, 0.1) is 0 Å². The first-order chi connectivity index (χ1) is 9.19. The molecule has 0 saturated carbocycles. The van der Waals surface area contributed by atoms with Crippen molar-refractivity contribution >= 4 is 11.6 Å². The number of benzene rings is 1. The monoisotopic (exact) mass is 280 g/mol. The number of aryl methyl sites for hydroxylation is 2. The van der Waals surface area contributed by atoms with Crippen molar-refractivity contribution in [3.05, 3.63) is 34.9 Å². The summed E-state index contributed by atoms with van der Waals surface area (Å²) in [5.74, 6) is 0.747. The van der Waals surface area contributed by atoms with E-state index < -0.39 is 0 Å². The lowest BCUT2D eigenvalue weighted by Crippen LogP contribution is -2.31. The average Bonchev–Trinajstić information content (AvgIpc) is 2.60. The Morgan fingerprint density at radius 3 is 2.58 bits per heavy atom. The van der Waals surface area contributed by atoms with E-state index >= 15 is 0 Å². The van der Waals surface area contributed by atoms with E-state index in [-0.39, 0.29) is 0 Å². The molecule has 1 aliphatic rings. The molecule has 0 amide bonds. The lowest BCUT2D eigenvalue weighted by atomic mass is 10.1. The zero-order valence-electron chi connectivity index (χ0n) is 12.2. The molecule has 0 aliphatic carbocycles. The Kier molecular flexibility index (Phi) is 5.68. The molecular formula is C16H25ClN2. The number of hydrogen-bond donors (Lipinski definition) is 0. The molecule has 0 radical (unpaired) electrons. The van der Waals surface area contributed by atoms with E-state index in [1.54, 1.807) is 0 Å². The third kappa shape index (κ3) is 4.48. The van der Waals surface area contributed by atoms with Gasteiger partial charge in [0.15, 0.2) is 0 Å². The minimum atomic E-state index is 0.747. The summed E-state index contributed by atoms with van der Waals surface area (Å²) in [4.78, 5) is 5.06. The highest BCUT2D eigenvalue weighted by molar-refractivity contribution is 6.18. The van der Waals surface area contributed by atoms with Crippen LogP contribution in [0.5, 0.6) is 0 Å². The van der Waals surface area contributed by atoms with Crippen LogP contribution in [0.25, 0.3) is 0 Å². The van der Waals surface area contributed by atoms with Crippen LogP contribution >= 0.6 is 11.6 Å². The molecule has 0 N–H and O–H groups in total. The lowest BCUT2D eigenvalue weighted by molar-refractivity contribution is 0.258. The van der Waals surface area contributed by atoms with Gasteiger partial charge in [0.1, 0.15) is 0 Å². The summed E-state index contributed by atoms with van der Waals surface area (Å²) < 4.78 is 0. The van der Waals surface area contributed by atoms with Gasteiger partial charge >= 0.3 is 0 Å². The van der Waals surface area contributed by atoms with Crippen molar-refractivity contribution in [2.24, 2.45) is 0 Å². The lowest BCUT2D eigenvalue weighted by Gasteiger charge is -2.22. The number of rotatable bonds is 4. The summed E-state index contributed by atoms with van der Waals surface area (Å²) in [5.41, 5.74) is 4.25. The molecule has 1 aliphatic heterocycles. The fraction of sp³-hybridized carbons (Fsp3) is 0.625. The second-order valence-corrected chi connectivity index (χ2v) is 5.97. The van der Waals surface area contributed by atoms with E-state index in [4.69, 9.17) is 11.6 Å². The Balaban J connectivity index is 1.94. The van der Waals surface area contributed by atoms with Crippen LogP contribution in [0.1, 0.15) is 23.1 Å². The summed E-state index contributed by atoms with van der Waals surface area (Å²) in [7, 11) is 0. The molecule has 1 saturated heterocycles. The number of hydrogen-bond acceptors (Lipinski definition) is 2. The molecule has 1 heterocycles. The van der Waals surface area contributed by atoms with Crippen LogP contribution in [0, 0.1) is 13.8 Å². The minimum Gasteiger partial charge on any atom is -0.301 e. The maximum absolute atomic E-state index is 5.84. The van der Waals surface area contributed by atoms with E-state index in [1.807, 2.05) is 0 Å². The number of nitrogens with zero attached hydrogens (tertiary/aromatic N) is 2. The van der Waals surface area contributed by atoms with Gasteiger partial charge in [-0.1, -0.05) is 23.8 Å². The molecule has 106 valence electrons. The van der Waals surface area contributed by atoms with Crippen LogP contribution in [0.15, 0.2) is 18.2 Å². The highest BCUT2D eigenvalue weighted by atomic mass is 35.5. The van der Waals surface area contributed by atoms with Gasteiger partial charge in [0.25, 0.3) is 0 Å². The molecule has 2 rings (SSSR count). The van der Waals surface area contributed by atoms with Crippen LogP contribution in [0.3, 0.4) is 0 Å². The maximum Gasteiger partial charge on any atom is 0.0351 e. The second-order valence-electron chi connectivity index (χ2n) is 5.59. The maximum atomic E-state index is 5.84. The predicted molar refractivity (Wildman–Crippen MR) is 83.0 cm³/mol. The topological polar surface area (TPSA) is 6.48 Å². The molecule has 3 heteroatoms. The van der Waals surface area contributed by atoms with E-state index in [0.717, 1.165) is 32.1 Å². The standard InChI is InChI=1S/C16H25ClN2/c1-14-4-5-15(2)16(12-14)13-19-8-3-7-18(9-6-17)10-11-19/h4-5,12H,3,6-11,13H2,1-2H3. The van der Waals surface area contributed by atoms with Gasteiger partial charge in [-0.15, -0.1) is 11.6 Å². The molecule has 19 heavy (non-hydrogen) atoms. The summed E-state index contributed by atoms with van der Waals surface area (Å²) in [6, 6.07) is 6.77. The van der Waals surface area contributed by atoms with E-state index in [9.17, 15) is 0 Å². The normalized spacial score (nSPS) is 18.5. The van der Waals surface area contributed by atoms with Crippen molar-refractivity contribution in [3.8, 4) is 0 Å². The molecule has 1 aromatic rings. The SMILES string of the molecule is Cc1ccc(C)c(CN2CCCN(CCCl)CC2)c1. The Labute approximate surface area is 122 Å². The third-order valence-corrected chi connectivity index (χ3v) is 4.15. The van der Waals surface area contributed by atoms with Crippen molar-refractivity contribution < 1.29 is 0 Å². The van der Waals surface area contributed by atoms with Crippen molar-refractivity contribution in [2.45, 2.75) is 26.8 Å². The van der Waals surface area contributed by atoms with Crippen molar-refractivity contribution in [3.63, 3.8) is 0 Å². The van der Waals surface area contributed by atoms with Crippen LogP contribution in [0.4, 0.5) is 0 Å². The highest BCUT2D eigenvalue weighted by Gasteiger charge is 2.15. The van der Waals surface area contributed by atoms with Gasteiger partial charge in [-0.05, 0) is 44.5 Å². The van der Waals surface area contributed by atoms with Gasteiger partial charge in [0.2, 0.25) is 0 Å². The summed E-state index contributed by atoms with van der Waals surface area (Å²) in [6.07, 6.45) is 1.25. The van der Waals surface area contributed by atoms with Crippen LogP contribution in [0.2, 0.25) is 0 Å². The molecule has 0 bridgehead atoms. The van der Waals surface area contributed by atoms with E-state index in [1.165, 1.54) is 36.2 Å². The first kappa shape index (κ1) is 14.8. The second kappa shape index (κ2) is 7.28. The smallest absolute Gasteiger partial charge is 0.0351 e. The van der Waals surface area contributed by atoms with E-state index in [0.29, 0.717) is 0 Å². The quantitative estimate of drug-likeness (QED) is 0.782. The Morgan fingerprint density at radius 2 is 1.79 bits per heavy atom. The third-order valence-electron chi connectivity index (χ3n) is 3.98. The fourth-order valence-electron chi connectivity index (χ4n) is 2.74. The van der Waals surface area contributed by atoms with Crippen LogP contribution in [-0.4, -0.2) is 48.4 Å². The molecule has 1 aromatic carbocycles. The average molecular weight is 281 g/mol. The molecule has 2 nitrogen and oxygen atoms in total. The van der Waals surface area contributed by atoms with Gasteiger partial charge in [-0.3, -0.25) is 4.90 Å². The van der Waals surface area contributed by atoms with Crippen LogP contribution in [-0.2, 0) is 6.54 Å². The fourth-order valence-corrected chi connectivity index (χ4v) is 2.98. The van der Waals surface area contributed by atoms with Gasteiger partial charge in [-0.25, -0.2) is 0 Å². The molecule has 0 spiro atoms. The number of halogens is 1. The number of alkyl halides is 1. The van der Waals surface area contributed by atoms with Gasteiger partial charge in [-0.2, -0.15) is 0 Å². The van der Waals surface area contributed by atoms with Gasteiger partial charge < -0.3 is 4.90 Å². The molecular weight excluding hydrogens is 256 g/mol. The summed E-state index contributed by atoms with van der Waals surface area (Å²) >= 11 is 5.84. The van der Waals surface area contributed by atoms with Crippen LogP contribution < -0.4 is 0 Å². The van der Waals surface area contributed by atoms with Crippen molar-refractivity contribution in [1.82, 2.24) is 9.80 Å². The molecule has 0 atom stereocenters. The molecule has 0 unspecified atom stereocenters. The summed E-state index contributed by atoms with van der Waals surface area (Å²) in [5, 5.41) is 0. The Hall–Kier alpha value is -0.570. The van der Waals surface area contributed by atoms with Gasteiger partial charge in [0, 0.05) is 32.1 Å². The van der Waals surface area contributed by atoms with Crippen molar-refractivity contribution in [2.75, 3.05) is 38.6 Å². The first-order valence-electron chi connectivity index (χ1n) is 7.26. The summed E-state index contributed by atoms with van der Waals surface area (Å²) in [6.45, 7) is 11.2. The highest BCUT2D eigenvalue weighted by Crippen LogP contribution is 2.14. The zero-order chi connectivity index (χ0) is 13.7. The van der Waals surface area contributed by atoms with E-state index in [2.05, 4.69) is 41.8 Å². The minimum absolute atomic E-state index is 0.747. The Morgan fingerprint density at radius 1 is 1.05 bits per heavy atom. The Bertz CT molecular complexity index is 406. The predicted octanol–water partition coefficient (Wildman–Crippen LogP) is 3.05. The molecule has 1 fully saturated rings. The van der Waals surface area contributed by atoms with Crippen molar-refractivity contribution in [1.29, 1.82) is 0 Å². The largest absolute Gasteiger partial charge is 0.301 e. The molecule has 0 aromatic heterocycles. The zero-order valence-corrected chi connectivity index (χ0v) is 12.9. The first-order valence-corrected chi connectivity index (χ1v) is 7.79.